The summed E-state index contributed by atoms with van der Waals surface area (Å²) in [6.07, 6.45) is 8.77. The summed E-state index contributed by atoms with van der Waals surface area (Å²) in [5, 5.41) is 1.98. The molecule has 0 aromatic carbocycles. The normalized spacial score (nSPS) is 18.9. The number of hydrogen-bond acceptors (Lipinski definition) is 3. The first-order valence-electron chi connectivity index (χ1n) is 7.15. The van der Waals surface area contributed by atoms with E-state index >= 15 is 0 Å². The van der Waals surface area contributed by atoms with E-state index in [2.05, 4.69) is 4.90 Å². The van der Waals surface area contributed by atoms with Crippen LogP contribution in [0.25, 0.3) is 0 Å². The van der Waals surface area contributed by atoms with Gasteiger partial charge in [-0.3, -0.25) is 4.79 Å². The summed E-state index contributed by atoms with van der Waals surface area (Å²) in [7, 11) is 0. The Balaban J connectivity index is 1.75. The number of carbonyl (C=O) groups is 1. The molecule has 2 nitrogen and oxygen atoms in total. The summed E-state index contributed by atoms with van der Waals surface area (Å²) < 4.78 is 0. The standard InChI is InChI=1S/C15H23NOS/c17-14(15-8-7-13-18-15)9-12-16-10-5-3-1-2-4-6-11-16/h7-8,13H,1-6,9-12H2. The molecule has 3 heteroatoms. The van der Waals surface area contributed by atoms with Gasteiger partial charge < -0.3 is 4.90 Å². The van der Waals surface area contributed by atoms with Gasteiger partial charge in [-0.05, 0) is 37.4 Å². The highest BCUT2D eigenvalue weighted by molar-refractivity contribution is 7.12. The van der Waals surface area contributed by atoms with Crippen LogP contribution in [0.1, 0.15) is 54.6 Å². The Morgan fingerprint density at radius 1 is 1.11 bits per heavy atom. The molecule has 0 atom stereocenters. The zero-order valence-corrected chi connectivity index (χ0v) is 11.9. The number of carbonyl (C=O) groups excluding carboxylic acids is 1. The third-order valence-electron chi connectivity index (χ3n) is 3.65. The van der Waals surface area contributed by atoms with Crippen molar-refractivity contribution in [1.82, 2.24) is 4.90 Å². The van der Waals surface area contributed by atoms with E-state index in [-0.39, 0.29) is 0 Å². The highest BCUT2D eigenvalue weighted by atomic mass is 32.1. The Bertz CT molecular complexity index is 337. The molecule has 1 aliphatic rings. The van der Waals surface area contributed by atoms with Crippen LogP contribution < -0.4 is 0 Å². The van der Waals surface area contributed by atoms with Gasteiger partial charge in [-0.15, -0.1) is 11.3 Å². The van der Waals surface area contributed by atoms with Gasteiger partial charge >= 0.3 is 0 Å². The Hall–Kier alpha value is -0.670. The van der Waals surface area contributed by atoms with E-state index in [1.807, 2.05) is 17.5 Å². The first-order chi connectivity index (χ1) is 8.86. The largest absolute Gasteiger partial charge is 0.303 e. The Morgan fingerprint density at radius 2 is 1.78 bits per heavy atom. The summed E-state index contributed by atoms with van der Waals surface area (Å²) in [6, 6.07) is 3.89. The fourth-order valence-corrected chi connectivity index (χ4v) is 3.23. The van der Waals surface area contributed by atoms with Gasteiger partial charge in [0.25, 0.3) is 0 Å². The molecule has 0 N–H and O–H groups in total. The lowest BCUT2D eigenvalue weighted by Gasteiger charge is -2.20. The SMILES string of the molecule is O=C(CCN1CCCCCCCC1)c1cccs1. The minimum atomic E-state index is 0.310. The summed E-state index contributed by atoms with van der Waals surface area (Å²) in [5.41, 5.74) is 0. The van der Waals surface area contributed by atoms with E-state index in [9.17, 15) is 4.79 Å². The fraction of sp³-hybridized carbons (Fsp3) is 0.667. The van der Waals surface area contributed by atoms with Crippen molar-refractivity contribution in [3.63, 3.8) is 0 Å². The molecule has 1 saturated heterocycles. The van der Waals surface area contributed by atoms with E-state index in [1.165, 1.54) is 51.6 Å². The van der Waals surface area contributed by atoms with Crippen LogP contribution in [0.15, 0.2) is 17.5 Å². The number of nitrogens with zero attached hydrogens (tertiary/aromatic N) is 1. The molecule has 0 saturated carbocycles. The molecular weight excluding hydrogens is 242 g/mol. The first-order valence-corrected chi connectivity index (χ1v) is 8.03. The second-order valence-electron chi connectivity index (χ2n) is 5.11. The van der Waals surface area contributed by atoms with Crippen LogP contribution >= 0.6 is 11.3 Å². The minimum absolute atomic E-state index is 0.310. The molecular formula is C15H23NOS. The number of hydrogen-bond donors (Lipinski definition) is 0. The van der Waals surface area contributed by atoms with Crippen molar-refractivity contribution in [2.24, 2.45) is 0 Å². The molecule has 2 heterocycles. The number of thiophene rings is 1. The second-order valence-corrected chi connectivity index (χ2v) is 6.06. The maximum atomic E-state index is 12.0. The lowest BCUT2D eigenvalue weighted by atomic mass is 10.1. The quantitative estimate of drug-likeness (QED) is 0.768. The van der Waals surface area contributed by atoms with Gasteiger partial charge in [0.15, 0.2) is 5.78 Å². The minimum Gasteiger partial charge on any atom is -0.303 e. The molecule has 1 fully saturated rings. The summed E-state index contributed by atoms with van der Waals surface area (Å²) >= 11 is 1.56. The number of rotatable bonds is 4. The zero-order chi connectivity index (χ0) is 12.6. The molecule has 1 aromatic heterocycles. The predicted molar refractivity (Wildman–Crippen MR) is 77.4 cm³/mol. The van der Waals surface area contributed by atoms with Gasteiger partial charge in [-0.1, -0.05) is 31.7 Å². The molecule has 1 aliphatic heterocycles. The molecule has 0 radical (unpaired) electrons. The summed E-state index contributed by atoms with van der Waals surface area (Å²) in [4.78, 5) is 15.4. The average molecular weight is 265 g/mol. The third-order valence-corrected chi connectivity index (χ3v) is 4.56. The highest BCUT2D eigenvalue weighted by Gasteiger charge is 2.11. The van der Waals surface area contributed by atoms with Gasteiger partial charge in [0.05, 0.1) is 4.88 Å². The van der Waals surface area contributed by atoms with Crippen LogP contribution in [0.5, 0.6) is 0 Å². The van der Waals surface area contributed by atoms with Gasteiger partial charge in [-0.2, -0.15) is 0 Å². The monoisotopic (exact) mass is 265 g/mol. The molecule has 0 bridgehead atoms. The fourth-order valence-electron chi connectivity index (χ4n) is 2.53. The van der Waals surface area contributed by atoms with E-state index < -0.39 is 0 Å². The summed E-state index contributed by atoms with van der Waals surface area (Å²) in [5.74, 6) is 0.310. The average Bonchev–Trinajstić information content (AvgIpc) is 2.93. The topological polar surface area (TPSA) is 20.3 Å². The van der Waals surface area contributed by atoms with Gasteiger partial charge in [0, 0.05) is 13.0 Å². The van der Waals surface area contributed by atoms with Gasteiger partial charge in [0.2, 0.25) is 0 Å². The van der Waals surface area contributed by atoms with E-state index in [4.69, 9.17) is 0 Å². The predicted octanol–water partition coefficient (Wildman–Crippen LogP) is 3.98. The van der Waals surface area contributed by atoms with Crippen molar-refractivity contribution < 1.29 is 4.79 Å². The van der Waals surface area contributed by atoms with Crippen LogP contribution in [0.3, 0.4) is 0 Å². The molecule has 0 aliphatic carbocycles. The Kier molecular flexibility index (Phi) is 5.88. The third kappa shape index (κ3) is 4.54. The van der Waals surface area contributed by atoms with Gasteiger partial charge in [-0.25, -0.2) is 0 Å². The van der Waals surface area contributed by atoms with E-state index in [0.717, 1.165) is 11.4 Å². The molecule has 2 rings (SSSR count). The number of Topliss-reactive ketones (excluding diaryl/α,β-unsaturated/α-hetero) is 1. The van der Waals surface area contributed by atoms with Crippen LogP contribution in [0, 0.1) is 0 Å². The lowest BCUT2D eigenvalue weighted by molar-refractivity contribution is 0.0967. The van der Waals surface area contributed by atoms with Crippen molar-refractivity contribution in [3.05, 3.63) is 22.4 Å². The Morgan fingerprint density at radius 3 is 2.39 bits per heavy atom. The van der Waals surface area contributed by atoms with Gasteiger partial charge in [0.1, 0.15) is 0 Å². The maximum absolute atomic E-state index is 12.0. The maximum Gasteiger partial charge on any atom is 0.174 e. The van der Waals surface area contributed by atoms with Crippen molar-refractivity contribution in [1.29, 1.82) is 0 Å². The summed E-state index contributed by atoms with van der Waals surface area (Å²) in [6.45, 7) is 3.30. The van der Waals surface area contributed by atoms with E-state index in [0.29, 0.717) is 12.2 Å². The second kappa shape index (κ2) is 7.70. The van der Waals surface area contributed by atoms with Crippen LogP contribution in [-0.2, 0) is 0 Å². The molecule has 0 amide bonds. The molecule has 100 valence electrons. The van der Waals surface area contributed by atoms with Crippen molar-refractivity contribution in [3.8, 4) is 0 Å². The zero-order valence-electron chi connectivity index (χ0n) is 11.1. The van der Waals surface area contributed by atoms with Crippen molar-refractivity contribution in [2.75, 3.05) is 19.6 Å². The molecule has 0 spiro atoms. The lowest BCUT2D eigenvalue weighted by Crippen LogP contribution is -2.28. The Labute approximate surface area is 114 Å². The molecule has 0 unspecified atom stereocenters. The van der Waals surface area contributed by atoms with Crippen LogP contribution in [-0.4, -0.2) is 30.3 Å². The van der Waals surface area contributed by atoms with Crippen LogP contribution in [0.2, 0.25) is 0 Å². The van der Waals surface area contributed by atoms with Crippen molar-refractivity contribution >= 4 is 17.1 Å². The molecule has 1 aromatic rings. The highest BCUT2D eigenvalue weighted by Crippen LogP contribution is 2.14. The smallest absolute Gasteiger partial charge is 0.174 e. The number of ketones is 1. The van der Waals surface area contributed by atoms with Crippen LogP contribution in [0.4, 0.5) is 0 Å². The van der Waals surface area contributed by atoms with E-state index in [1.54, 1.807) is 11.3 Å². The van der Waals surface area contributed by atoms with Crippen molar-refractivity contribution in [2.45, 2.75) is 44.9 Å². The molecule has 18 heavy (non-hydrogen) atoms. The first kappa shape index (κ1) is 13.8.